The van der Waals surface area contributed by atoms with E-state index in [-0.39, 0.29) is 5.91 Å². The fourth-order valence-corrected chi connectivity index (χ4v) is 1.58. The summed E-state index contributed by atoms with van der Waals surface area (Å²) in [7, 11) is 0. The average Bonchev–Trinajstić information content (AvgIpc) is 2.30. The van der Waals surface area contributed by atoms with E-state index in [1.54, 1.807) is 17.8 Å². The van der Waals surface area contributed by atoms with Crippen LogP contribution < -0.4 is 10.6 Å². The van der Waals surface area contributed by atoms with Crippen LogP contribution in [0.25, 0.3) is 0 Å². The Labute approximate surface area is 100 Å². The van der Waals surface area contributed by atoms with Crippen molar-refractivity contribution in [3.05, 3.63) is 36.9 Å². The zero-order chi connectivity index (χ0) is 11.8. The van der Waals surface area contributed by atoms with Crippen molar-refractivity contribution in [3.8, 4) is 0 Å². The van der Waals surface area contributed by atoms with Crippen molar-refractivity contribution in [3.63, 3.8) is 0 Å². The third-order valence-electron chi connectivity index (χ3n) is 1.95. The molecule has 1 aromatic carbocycles. The van der Waals surface area contributed by atoms with Crippen molar-refractivity contribution in [1.82, 2.24) is 5.32 Å². The van der Waals surface area contributed by atoms with Gasteiger partial charge in [-0.15, -0.1) is 18.3 Å². The van der Waals surface area contributed by atoms with Gasteiger partial charge in [-0.05, 0) is 30.5 Å². The number of anilines is 1. The van der Waals surface area contributed by atoms with Gasteiger partial charge < -0.3 is 10.6 Å². The predicted octanol–water partition coefficient (Wildman–Crippen LogP) is 2.12. The summed E-state index contributed by atoms with van der Waals surface area (Å²) in [6.45, 7) is 4.50. The van der Waals surface area contributed by atoms with Crippen molar-refractivity contribution in [1.29, 1.82) is 0 Å². The minimum absolute atomic E-state index is 0.0428. The number of thioether (sulfide) groups is 1. The lowest BCUT2D eigenvalue weighted by Crippen LogP contribution is -2.27. The van der Waals surface area contributed by atoms with E-state index < -0.39 is 0 Å². The fraction of sp³-hybridized carbons (Fsp3) is 0.250. The molecule has 0 bridgehead atoms. The first-order chi connectivity index (χ1) is 7.76. The fourth-order valence-electron chi connectivity index (χ4n) is 1.17. The van der Waals surface area contributed by atoms with Gasteiger partial charge in [0, 0.05) is 17.1 Å². The van der Waals surface area contributed by atoms with E-state index in [1.165, 1.54) is 4.90 Å². The van der Waals surface area contributed by atoms with Gasteiger partial charge in [0.2, 0.25) is 5.91 Å². The summed E-state index contributed by atoms with van der Waals surface area (Å²) < 4.78 is 0. The molecule has 0 saturated carbocycles. The molecule has 1 amide bonds. The number of carbonyl (C=O) groups excluding carboxylic acids is 1. The number of hydrogen-bond acceptors (Lipinski definition) is 3. The second-order valence-electron chi connectivity index (χ2n) is 3.20. The molecule has 86 valence electrons. The number of rotatable bonds is 6. The Morgan fingerprint density at radius 2 is 2.12 bits per heavy atom. The van der Waals surface area contributed by atoms with Gasteiger partial charge in [0.1, 0.15) is 0 Å². The van der Waals surface area contributed by atoms with Gasteiger partial charge in [0.05, 0.1) is 6.54 Å². The lowest BCUT2D eigenvalue weighted by molar-refractivity contribution is -0.115. The van der Waals surface area contributed by atoms with Crippen molar-refractivity contribution in [2.24, 2.45) is 0 Å². The van der Waals surface area contributed by atoms with Gasteiger partial charge in [0.25, 0.3) is 0 Å². The first kappa shape index (κ1) is 12.8. The van der Waals surface area contributed by atoms with Crippen LogP contribution in [0.5, 0.6) is 0 Å². The van der Waals surface area contributed by atoms with Crippen molar-refractivity contribution in [2.75, 3.05) is 24.7 Å². The number of benzene rings is 1. The molecule has 16 heavy (non-hydrogen) atoms. The Kier molecular flexibility index (Phi) is 5.67. The zero-order valence-electron chi connectivity index (χ0n) is 9.32. The summed E-state index contributed by atoms with van der Waals surface area (Å²) in [5, 5.41) is 5.75. The zero-order valence-corrected chi connectivity index (χ0v) is 10.1. The molecule has 4 heteroatoms. The van der Waals surface area contributed by atoms with E-state index in [0.29, 0.717) is 13.1 Å². The Hall–Kier alpha value is -1.26. The highest BCUT2D eigenvalue weighted by Gasteiger charge is 2.00. The van der Waals surface area contributed by atoms with Gasteiger partial charge in [-0.3, -0.25) is 4.79 Å². The molecule has 0 aliphatic rings. The summed E-state index contributed by atoms with van der Waals surface area (Å²) in [6.07, 6.45) is 3.74. The van der Waals surface area contributed by atoms with Gasteiger partial charge in [0.15, 0.2) is 0 Å². The van der Waals surface area contributed by atoms with Crippen LogP contribution in [0.2, 0.25) is 0 Å². The average molecular weight is 236 g/mol. The highest BCUT2D eigenvalue weighted by molar-refractivity contribution is 7.98. The smallest absolute Gasteiger partial charge is 0.238 e. The van der Waals surface area contributed by atoms with E-state index >= 15 is 0 Å². The van der Waals surface area contributed by atoms with Crippen LogP contribution in [-0.4, -0.2) is 25.3 Å². The molecule has 0 spiro atoms. The van der Waals surface area contributed by atoms with Gasteiger partial charge in [-0.2, -0.15) is 0 Å². The Balaban J connectivity index is 2.40. The van der Waals surface area contributed by atoms with Crippen molar-refractivity contribution >= 4 is 23.4 Å². The lowest BCUT2D eigenvalue weighted by atomic mass is 10.3. The third-order valence-corrected chi connectivity index (χ3v) is 2.69. The normalized spacial score (nSPS) is 9.81. The Morgan fingerprint density at radius 1 is 1.44 bits per heavy atom. The molecule has 0 aliphatic carbocycles. The largest absolute Gasteiger partial charge is 0.325 e. The molecule has 0 aliphatic heterocycles. The monoisotopic (exact) mass is 236 g/mol. The van der Waals surface area contributed by atoms with E-state index in [9.17, 15) is 4.79 Å². The topological polar surface area (TPSA) is 41.1 Å². The van der Waals surface area contributed by atoms with Crippen LogP contribution in [0, 0.1) is 0 Å². The molecule has 3 nitrogen and oxygen atoms in total. The van der Waals surface area contributed by atoms with Gasteiger partial charge in [-0.1, -0.05) is 6.08 Å². The second kappa shape index (κ2) is 7.09. The highest BCUT2D eigenvalue weighted by atomic mass is 32.2. The summed E-state index contributed by atoms with van der Waals surface area (Å²) in [6, 6.07) is 7.77. The Morgan fingerprint density at radius 3 is 2.69 bits per heavy atom. The van der Waals surface area contributed by atoms with Crippen LogP contribution in [0.4, 0.5) is 5.69 Å². The quantitative estimate of drug-likeness (QED) is 0.451. The summed E-state index contributed by atoms with van der Waals surface area (Å²) >= 11 is 1.68. The maximum absolute atomic E-state index is 11.4. The summed E-state index contributed by atoms with van der Waals surface area (Å²) in [5.74, 6) is -0.0428. The standard InChI is InChI=1S/C12H16N2OS/c1-3-8-13-9-12(15)14-10-4-6-11(16-2)7-5-10/h3-7,13H,1,8-9H2,2H3,(H,14,15). The van der Waals surface area contributed by atoms with Crippen LogP contribution in [-0.2, 0) is 4.79 Å². The van der Waals surface area contributed by atoms with Crippen molar-refractivity contribution < 1.29 is 4.79 Å². The molecule has 0 atom stereocenters. The van der Waals surface area contributed by atoms with Gasteiger partial charge in [-0.25, -0.2) is 0 Å². The number of carbonyl (C=O) groups is 1. The first-order valence-electron chi connectivity index (χ1n) is 5.02. The van der Waals surface area contributed by atoms with Crippen LogP contribution in [0.1, 0.15) is 0 Å². The lowest BCUT2D eigenvalue weighted by Gasteiger charge is -2.06. The SMILES string of the molecule is C=CCNCC(=O)Nc1ccc(SC)cc1. The molecule has 0 heterocycles. The van der Waals surface area contributed by atoms with Crippen molar-refractivity contribution in [2.45, 2.75) is 4.90 Å². The molecule has 1 rings (SSSR count). The summed E-state index contributed by atoms with van der Waals surface area (Å²) in [5.41, 5.74) is 0.822. The maximum atomic E-state index is 11.4. The van der Waals surface area contributed by atoms with E-state index in [4.69, 9.17) is 0 Å². The van der Waals surface area contributed by atoms with Gasteiger partial charge >= 0.3 is 0 Å². The first-order valence-corrected chi connectivity index (χ1v) is 6.24. The Bertz CT molecular complexity index is 349. The molecule has 0 aromatic heterocycles. The number of hydrogen-bond donors (Lipinski definition) is 2. The van der Waals surface area contributed by atoms with E-state index in [2.05, 4.69) is 17.2 Å². The second-order valence-corrected chi connectivity index (χ2v) is 4.08. The minimum Gasteiger partial charge on any atom is -0.325 e. The minimum atomic E-state index is -0.0428. The molecule has 0 fully saturated rings. The molecule has 0 saturated heterocycles. The molecule has 1 aromatic rings. The molecule has 0 unspecified atom stereocenters. The van der Waals surface area contributed by atoms with Crippen LogP contribution >= 0.6 is 11.8 Å². The van der Waals surface area contributed by atoms with E-state index in [0.717, 1.165) is 5.69 Å². The molecular formula is C12H16N2OS. The number of nitrogens with one attached hydrogen (secondary N) is 2. The van der Waals surface area contributed by atoms with Crippen LogP contribution in [0.3, 0.4) is 0 Å². The third kappa shape index (κ3) is 4.51. The molecular weight excluding hydrogens is 220 g/mol. The predicted molar refractivity (Wildman–Crippen MR) is 69.9 cm³/mol. The summed E-state index contributed by atoms with van der Waals surface area (Å²) in [4.78, 5) is 12.6. The molecule has 0 radical (unpaired) electrons. The number of amides is 1. The highest BCUT2D eigenvalue weighted by Crippen LogP contribution is 2.17. The maximum Gasteiger partial charge on any atom is 0.238 e. The molecule has 2 N–H and O–H groups in total. The van der Waals surface area contributed by atoms with Crippen LogP contribution in [0.15, 0.2) is 41.8 Å². The van der Waals surface area contributed by atoms with E-state index in [1.807, 2.05) is 30.5 Å².